The average Bonchev–Trinajstić information content (AvgIpc) is 3.24. The molecule has 1 aromatic heterocycles. The van der Waals surface area contributed by atoms with E-state index in [1.165, 1.54) is 32.1 Å². The van der Waals surface area contributed by atoms with Crippen LogP contribution in [0.5, 0.6) is 0 Å². The van der Waals surface area contributed by atoms with E-state index >= 15 is 0 Å². The highest BCUT2D eigenvalue weighted by Crippen LogP contribution is 2.31. The topological polar surface area (TPSA) is 109 Å². The van der Waals surface area contributed by atoms with Gasteiger partial charge in [0, 0.05) is 25.4 Å². The lowest BCUT2D eigenvalue weighted by Gasteiger charge is -2.29. The van der Waals surface area contributed by atoms with Crippen LogP contribution in [-0.2, 0) is 4.79 Å². The number of amides is 2. The molecule has 8 heteroatoms. The second-order valence-electron chi connectivity index (χ2n) is 8.80. The molecule has 2 fully saturated rings. The summed E-state index contributed by atoms with van der Waals surface area (Å²) in [4.78, 5) is 30.5. The molecule has 0 unspecified atom stereocenters. The van der Waals surface area contributed by atoms with Crippen molar-refractivity contribution in [3.8, 4) is 0 Å². The monoisotopic (exact) mass is 406 g/mol. The van der Waals surface area contributed by atoms with E-state index in [1.54, 1.807) is 10.4 Å². The van der Waals surface area contributed by atoms with Gasteiger partial charge in [0.2, 0.25) is 11.8 Å². The summed E-state index contributed by atoms with van der Waals surface area (Å²) in [7, 11) is 0. The van der Waals surface area contributed by atoms with Gasteiger partial charge in [-0.3, -0.25) is 14.8 Å². The van der Waals surface area contributed by atoms with Gasteiger partial charge in [0.05, 0.1) is 0 Å². The number of piperidine rings is 1. The minimum atomic E-state index is -0.483. The minimum Gasteiger partial charge on any atom is -0.338 e. The Hall–Kier alpha value is -1.96. The lowest BCUT2D eigenvalue weighted by molar-refractivity contribution is -0.129. The molecule has 29 heavy (non-hydrogen) atoms. The highest BCUT2D eigenvalue weighted by molar-refractivity contribution is 5.90. The number of hydroxylamine groups is 1. The van der Waals surface area contributed by atoms with Gasteiger partial charge in [0.25, 0.3) is 11.7 Å². The molecule has 2 aliphatic rings. The number of hydrogen-bond acceptors (Lipinski definition) is 6. The molecule has 2 amide bonds. The fraction of sp³-hybridized carbons (Fsp3) is 0.810. The van der Waals surface area contributed by atoms with E-state index in [9.17, 15) is 9.59 Å². The van der Waals surface area contributed by atoms with Crippen LogP contribution in [0.25, 0.3) is 0 Å². The van der Waals surface area contributed by atoms with Crippen molar-refractivity contribution in [3.05, 3.63) is 11.7 Å². The maximum Gasteiger partial charge on any atom is 0.295 e. The predicted molar refractivity (Wildman–Crippen MR) is 106 cm³/mol. The van der Waals surface area contributed by atoms with Crippen LogP contribution in [0.1, 0.15) is 100.0 Å². The van der Waals surface area contributed by atoms with Crippen molar-refractivity contribution >= 4 is 11.8 Å². The molecule has 3 rings (SSSR count). The minimum absolute atomic E-state index is 0.0660. The zero-order chi connectivity index (χ0) is 20.6. The Bertz CT molecular complexity index is 663. The summed E-state index contributed by atoms with van der Waals surface area (Å²) < 4.78 is 5.38. The second-order valence-corrected chi connectivity index (χ2v) is 8.80. The molecule has 1 aromatic rings. The third-order valence-electron chi connectivity index (χ3n) is 6.50. The first kappa shape index (κ1) is 21.7. The van der Waals surface area contributed by atoms with Crippen molar-refractivity contribution in [3.63, 3.8) is 0 Å². The van der Waals surface area contributed by atoms with Gasteiger partial charge in [-0.15, -0.1) is 0 Å². The largest absolute Gasteiger partial charge is 0.338 e. The van der Waals surface area contributed by atoms with Crippen LogP contribution in [0.3, 0.4) is 0 Å². The molecule has 2 heterocycles. The van der Waals surface area contributed by atoms with Gasteiger partial charge < -0.3 is 9.42 Å². The maximum absolute atomic E-state index is 12.7. The van der Waals surface area contributed by atoms with Crippen LogP contribution in [0.2, 0.25) is 0 Å². The smallest absolute Gasteiger partial charge is 0.295 e. The first-order valence-electron chi connectivity index (χ1n) is 11.1. The van der Waals surface area contributed by atoms with E-state index in [0.717, 1.165) is 38.0 Å². The van der Waals surface area contributed by atoms with Crippen LogP contribution in [-0.4, -0.2) is 45.2 Å². The number of carbonyl (C=O) groups excluding carboxylic acids is 2. The average molecular weight is 407 g/mol. The zero-order valence-electron chi connectivity index (χ0n) is 17.4. The summed E-state index contributed by atoms with van der Waals surface area (Å²) in [6, 6.07) is 0. The number of hydrogen-bond donors (Lipinski definition) is 2. The molecule has 0 bridgehead atoms. The standard InChI is InChI=1S/C21H34N4O4/c1-15-10-12-25(13-11-15)21(27)19-22-20(29-24-19)17(14-18(26)23-28)9-5-8-16-6-3-2-4-7-16/h15-17,28H,2-14H2,1H3,(H,23,26)/t17-/m1/s1. The van der Waals surface area contributed by atoms with Crippen LogP contribution >= 0.6 is 0 Å². The molecule has 1 saturated carbocycles. The third kappa shape index (κ3) is 6.26. The Kier molecular flexibility index (Phi) is 8.03. The SMILES string of the molecule is CC1CCN(C(=O)c2noc([C@H](CCCC3CCCCC3)CC(=O)NO)n2)CC1. The Morgan fingerprint density at radius 2 is 1.93 bits per heavy atom. The molecule has 1 atom stereocenters. The van der Waals surface area contributed by atoms with Crippen molar-refractivity contribution in [2.45, 2.75) is 83.5 Å². The van der Waals surface area contributed by atoms with Gasteiger partial charge in [0.1, 0.15) is 0 Å². The van der Waals surface area contributed by atoms with Crippen LogP contribution in [0.4, 0.5) is 0 Å². The van der Waals surface area contributed by atoms with Gasteiger partial charge in [-0.25, -0.2) is 5.48 Å². The fourth-order valence-electron chi connectivity index (χ4n) is 4.55. The number of aromatic nitrogens is 2. The molecule has 1 aliphatic carbocycles. The molecule has 2 N–H and O–H groups in total. The quantitative estimate of drug-likeness (QED) is 0.504. The number of carbonyl (C=O) groups is 2. The first-order valence-corrected chi connectivity index (χ1v) is 11.1. The summed E-state index contributed by atoms with van der Waals surface area (Å²) in [6.45, 7) is 3.61. The number of rotatable bonds is 8. The molecule has 1 aliphatic heterocycles. The Labute approximate surface area is 172 Å². The van der Waals surface area contributed by atoms with E-state index in [1.807, 2.05) is 0 Å². The summed E-state index contributed by atoms with van der Waals surface area (Å²) >= 11 is 0. The highest BCUT2D eigenvalue weighted by Gasteiger charge is 2.28. The zero-order valence-corrected chi connectivity index (χ0v) is 17.4. The molecule has 162 valence electrons. The van der Waals surface area contributed by atoms with Gasteiger partial charge >= 0.3 is 0 Å². The molecule has 1 saturated heterocycles. The lowest BCUT2D eigenvalue weighted by Crippen LogP contribution is -2.38. The Balaban J connectivity index is 1.59. The van der Waals surface area contributed by atoms with Crippen LogP contribution < -0.4 is 5.48 Å². The van der Waals surface area contributed by atoms with Gasteiger partial charge in [-0.1, -0.05) is 57.0 Å². The summed E-state index contributed by atoms with van der Waals surface area (Å²) in [6.07, 6.45) is 11.4. The highest BCUT2D eigenvalue weighted by atomic mass is 16.5. The second kappa shape index (κ2) is 10.7. The number of likely N-dealkylation sites (tertiary alicyclic amines) is 1. The van der Waals surface area contributed by atoms with Gasteiger partial charge in [-0.2, -0.15) is 4.98 Å². The first-order chi connectivity index (χ1) is 14.1. The normalized spacial score (nSPS) is 19.9. The predicted octanol–water partition coefficient (Wildman–Crippen LogP) is 3.67. The fourth-order valence-corrected chi connectivity index (χ4v) is 4.55. The van der Waals surface area contributed by atoms with Crippen molar-refractivity contribution in [2.24, 2.45) is 11.8 Å². The maximum atomic E-state index is 12.7. The number of nitrogens with one attached hydrogen (secondary N) is 1. The van der Waals surface area contributed by atoms with Crippen LogP contribution in [0, 0.1) is 11.8 Å². The van der Waals surface area contributed by atoms with Gasteiger partial charge in [0.15, 0.2) is 0 Å². The summed E-state index contributed by atoms with van der Waals surface area (Å²) in [5.41, 5.74) is 1.69. The Morgan fingerprint density at radius 3 is 2.62 bits per heavy atom. The van der Waals surface area contributed by atoms with Crippen molar-refractivity contribution in [2.75, 3.05) is 13.1 Å². The van der Waals surface area contributed by atoms with Crippen molar-refractivity contribution in [1.29, 1.82) is 0 Å². The lowest BCUT2D eigenvalue weighted by atomic mass is 9.84. The van der Waals surface area contributed by atoms with E-state index in [-0.39, 0.29) is 24.1 Å². The molecular weight excluding hydrogens is 372 g/mol. The molecule has 0 radical (unpaired) electrons. The molecular formula is C21H34N4O4. The van der Waals surface area contributed by atoms with Gasteiger partial charge in [-0.05, 0) is 31.1 Å². The Morgan fingerprint density at radius 1 is 1.21 bits per heavy atom. The number of nitrogens with zero attached hydrogens (tertiary/aromatic N) is 3. The summed E-state index contributed by atoms with van der Waals surface area (Å²) in [5, 5.41) is 12.8. The third-order valence-corrected chi connectivity index (χ3v) is 6.50. The van der Waals surface area contributed by atoms with E-state index in [4.69, 9.17) is 9.73 Å². The van der Waals surface area contributed by atoms with Crippen molar-refractivity contribution < 1.29 is 19.3 Å². The van der Waals surface area contributed by atoms with E-state index in [0.29, 0.717) is 24.9 Å². The molecule has 0 spiro atoms. The van der Waals surface area contributed by atoms with E-state index < -0.39 is 5.91 Å². The summed E-state index contributed by atoms with van der Waals surface area (Å²) in [5.74, 6) is 0.786. The van der Waals surface area contributed by atoms with Crippen molar-refractivity contribution in [1.82, 2.24) is 20.5 Å². The van der Waals surface area contributed by atoms with Crippen LogP contribution in [0.15, 0.2) is 4.52 Å². The molecule has 0 aromatic carbocycles. The molecule has 8 nitrogen and oxygen atoms in total. The van der Waals surface area contributed by atoms with E-state index in [2.05, 4.69) is 17.1 Å².